The summed E-state index contributed by atoms with van der Waals surface area (Å²) >= 11 is 0. The lowest BCUT2D eigenvalue weighted by atomic mass is 9.92. The molecule has 0 aromatic heterocycles. The molecule has 0 bridgehead atoms. The molecule has 1 aromatic carbocycles. The molecule has 1 heterocycles. The van der Waals surface area contributed by atoms with Crippen molar-refractivity contribution < 1.29 is 9.90 Å². The molecule has 0 saturated carbocycles. The monoisotopic (exact) mass is 289 g/mol. The van der Waals surface area contributed by atoms with Gasteiger partial charge in [0.2, 0.25) is 5.91 Å². The van der Waals surface area contributed by atoms with Crippen LogP contribution in [0.5, 0.6) is 0 Å². The fourth-order valence-electron chi connectivity index (χ4n) is 2.32. The topological polar surface area (TPSA) is 56.1 Å². The van der Waals surface area contributed by atoms with Gasteiger partial charge in [-0.15, -0.1) is 0 Å². The van der Waals surface area contributed by atoms with E-state index < -0.39 is 0 Å². The van der Waals surface area contributed by atoms with Crippen molar-refractivity contribution in [1.82, 2.24) is 9.91 Å². The summed E-state index contributed by atoms with van der Waals surface area (Å²) in [5.41, 5.74) is 2.95. The molecule has 114 valence electrons. The molecule has 21 heavy (non-hydrogen) atoms. The number of aliphatic hydroxyl groups excluding tert-OH is 1. The summed E-state index contributed by atoms with van der Waals surface area (Å²) in [7, 11) is 3.94. The molecule has 0 radical (unpaired) electrons. The molecular formula is C16H23N3O2. The van der Waals surface area contributed by atoms with E-state index in [1.54, 1.807) is 0 Å². The first-order valence-electron chi connectivity index (χ1n) is 7.22. The molecule has 1 aliphatic rings. The molecule has 2 rings (SSSR count). The van der Waals surface area contributed by atoms with Gasteiger partial charge in [-0.2, -0.15) is 5.10 Å². The van der Waals surface area contributed by atoms with Crippen LogP contribution in [0.15, 0.2) is 29.4 Å². The third kappa shape index (κ3) is 3.89. The number of likely N-dealkylation sites (N-methyl/N-ethyl adjacent to an activating group) is 1. The minimum absolute atomic E-state index is 0.0215. The average Bonchev–Trinajstić information content (AvgIpc) is 2.46. The van der Waals surface area contributed by atoms with Gasteiger partial charge in [-0.05, 0) is 26.6 Å². The van der Waals surface area contributed by atoms with E-state index in [0.717, 1.165) is 17.8 Å². The van der Waals surface area contributed by atoms with Gasteiger partial charge in [0.1, 0.15) is 0 Å². The van der Waals surface area contributed by atoms with E-state index in [-0.39, 0.29) is 18.4 Å². The Balaban J connectivity index is 2.26. The summed E-state index contributed by atoms with van der Waals surface area (Å²) in [4.78, 5) is 14.1. The molecular weight excluding hydrogens is 266 g/mol. The van der Waals surface area contributed by atoms with Crippen LogP contribution in [0, 0.1) is 12.8 Å². The molecule has 0 fully saturated rings. The van der Waals surface area contributed by atoms with Crippen LogP contribution < -0.4 is 0 Å². The smallest absolute Gasteiger partial charge is 0.243 e. The van der Waals surface area contributed by atoms with E-state index in [1.165, 1.54) is 10.6 Å². The van der Waals surface area contributed by atoms with Gasteiger partial charge in [0.15, 0.2) is 0 Å². The molecule has 5 nitrogen and oxygen atoms in total. The Morgan fingerprint density at radius 2 is 2.00 bits per heavy atom. The summed E-state index contributed by atoms with van der Waals surface area (Å²) in [6.07, 6.45) is 0.316. The van der Waals surface area contributed by atoms with Gasteiger partial charge in [0, 0.05) is 18.9 Å². The number of carbonyl (C=O) groups is 1. The van der Waals surface area contributed by atoms with E-state index >= 15 is 0 Å². The second kappa shape index (κ2) is 6.83. The third-order valence-electron chi connectivity index (χ3n) is 3.65. The highest BCUT2D eigenvalue weighted by atomic mass is 16.3. The summed E-state index contributed by atoms with van der Waals surface area (Å²) in [6, 6.07) is 8.03. The molecule has 1 aromatic rings. The Morgan fingerprint density at radius 1 is 1.33 bits per heavy atom. The van der Waals surface area contributed by atoms with Crippen molar-refractivity contribution >= 4 is 11.6 Å². The largest absolute Gasteiger partial charge is 0.396 e. The lowest BCUT2D eigenvalue weighted by Gasteiger charge is -2.29. The predicted octanol–water partition coefficient (Wildman–Crippen LogP) is 1.10. The Bertz CT molecular complexity index is 523. The predicted molar refractivity (Wildman–Crippen MR) is 83.2 cm³/mol. The van der Waals surface area contributed by atoms with Gasteiger partial charge in [0.05, 0.1) is 18.9 Å². The zero-order valence-electron chi connectivity index (χ0n) is 12.9. The Morgan fingerprint density at radius 3 is 2.57 bits per heavy atom. The highest BCUT2D eigenvalue weighted by Gasteiger charge is 2.29. The van der Waals surface area contributed by atoms with Crippen LogP contribution in [0.1, 0.15) is 17.5 Å². The zero-order chi connectivity index (χ0) is 15.4. The minimum atomic E-state index is -0.212. The van der Waals surface area contributed by atoms with Crippen molar-refractivity contribution in [1.29, 1.82) is 0 Å². The summed E-state index contributed by atoms with van der Waals surface area (Å²) < 4.78 is 0. The molecule has 5 heteroatoms. The highest BCUT2D eigenvalue weighted by Crippen LogP contribution is 2.21. The maximum Gasteiger partial charge on any atom is 0.243 e. The van der Waals surface area contributed by atoms with E-state index in [9.17, 15) is 9.90 Å². The van der Waals surface area contributed by atoms with Crippen LogP contribution in [0.25, 0.3) is 0 Å². The summed E-state index contributed by atoms with van der Waals surface area (Å²) in [6.45, 7) is 3.31. The number of amides is 1. The molecule has 1 unspecified atom stereocenters. The van der Waals surface area contributed by atoms with Crippen LogP contribution in [-0.4, -0.2) is 60.4 Å². The molecule has 1 atom stereocenters. The van der Waals surface area contributed by atoms with Crippen LogP contribution in [-0.2, 0) is 4.79 Å². The number of carbonyl (C=O) groups excluding carboxylic acids is 1. The highest BCUT2D eigenvalue weighted by molar-refractivity contribution is 6.06. The zero-order valence-corrected chi connectivity index (χ0v) is 12.9. The summed E-state index contributed by atoms with van der Waals surface area (Å²) in [5, 5.41) is 15.6. The fraction of sp³-hybridized carbons (Fsp3) is 0.500. The first-order valence-corrected chi connectivity index (χ1v) is 7.22. The van der Waals surface area contributed by atoms with E-state index in [1.807, 2.05) is 50.2 Å². The maximum atomic E-state index is 12.1. The molecule has 0 saturated heterocycles. The van der Waals surface area contributed by atoms with Crippen LogP contribution in [0.3, 0.4) is 0 Å². The first-order chi connectivity index (χ1) is 10.0. The van der Waals surface area contributed by atoms with Crippen molar-refractivity contribution in [2.75, 3.05) is 33.8 Å². The average molecular weight is 289 g/mol. The van der Waals surface area contributed by atoms with Crippen molar-refractivity contribution in [3.8, 4) is 0 Å². The van der Waals surface area contributed by atoms with Gasteiger partial charge >= 0.3 is 0 Å². The number of aliphatic hydroxyl groups is 1. The number of benzene rings is 1. The number of aryl methyl sites for hydroxylation is 1. The van der Waals surface area contributed by atoms with Crippen molar-refractivity contribution in [2.24, 2.45) is 11.0 Å². The second-order valence-corrected chi connectivity index (χ2v) is 5.76. The van der Waals surface area contributed by atoms with Gasteiger partial charge in [0.25, 0.3) is 0 Å². The quantitative estimate of drug-likeness (QED) is 0.883. The van der Waals surface area contributed by atoms with E-state index in [0.29, 0.717) is 13.0 Å². The van der Waals surface area contributed by atoms with Gasteiger partial charge in [-0.3, -0.25) is 4.79 Å². The minimum Gasteiger partial charge on any atom is -0.396 e. The first kappa shape index (κ1) is 15.7. The number of hydrazone groups is 1. The lowest BCUT2D eigenvalue weighted by molar-refractivity contribution is -0.133. The van der Waals surface area contributed by atoms with Crippen molar-refractivity contribution in [2.45, 2.75) is 13.3 Å². The van der Waals surface area contributed by atoms with Crippen LogP contribution >= 0.6 is 0 Å². The standard InChI is InChI=1S/C16H23N3O2/c1-12-4-6-13(7-5-12)16-14(11-20)10-15(21)19(17-16)9-8-18(2)3/h4-7,14,20H,8-11H2,1-3H3. The van der Waals surface area contributed by atoms with E-state index in [4.69, 9.17) is 0 Å². The Hall–Kier alpha value is -1.72. The third-order valence-corrected chi connectivity index (χ3v) is 3.65. The number of hydrogen-bond acceptors (Lipinski definition) is 4. The SMILES string of the molecule is Cc1ccc(C2=NN(CCN(C)C)C(=O)CC2CO)cc1. The van der Waals surface area contributed by atoms with Crippen LogP contribution in [0.2, 0.25) is 0 Å². The normalized spacial score (nSPS) is 19.1. The number of rotatable bonds is 5. The van der Waals surface area contributed by atoms with Crippen molar-refractivity contribution in [3.05, 3.63) is 35.4 Å². The van der Waals surface area contributed by atoms with Crippen LogP contribution in [0.4, 0.5) is 0 Å². The molecule has 0 aliphatic carbocycles. The van der Waals surface area contributed by atoms with Gasteiger partial charge < -0.3 is 10.0 Å². The Kier molecular flexibility index (Phi) is 5.09. The number of nitrogens with zero attached hydrogens (tertiary/aromatic N) is 3. The number of hydrogen-bond donors (Lipinski definition) is 1. The molecule has 1 amide bonds. The molecule has 0 spiro atoms. The van der Waals surface area contributed by atoms with E-state index in [2.05, 4.69) is 5.10 Å². The molecule has 1 N–H and O–H groups in total. The Labute approximate surface area is 125 Å². The van der Waals surface area contributed by atoms with Gasteiger partial charge in [-0.25, -0.2) is 5.01 Å². The summed E-state index contributed by atoms with van der Waals surface area (Å²) in [5.74, 6) is -0.234. The fourth-order valence-corrected chi connectivity index (χ4v) is 2.32. The second-order valence-electron chi connectivity index (χ2n) is 5.76. The van der Waals surface area contributed by atoms with Gasteiger partial charge in [-0.1, -0.05) is 29.8 Å². The lowest BCUT2D eigenvalue weighted by Crippen LogP contribution is -2.41. The molecule has 1 aliphatic heterocycles. The van der Waals surface area contributed by atoms with Crippen molar-refractivity contribution in [3.63, 3.8) is 0 Å². The maximum absolute atomic E-state index is 12.1.